The summed E-state index contributed by atoms with van der Waals surface area (Å²) in [5.74, 6) is -0.937. The Bertz CT molecular complexity index is 312. The number of hydrogen-bond donors (Lipinski definition) is 3. The molecule has 1 amide bonds. The molecule has 0 saturated carbocycles. The van der Waals surface area contributed by atoms with Gasteiger partial charge in [0.15, 0.2) is 6.10 Å². The predicted octanol–water partition coefficient (Wildman–Crippen LogP) is 0.184. The summed E-state index contributed by atoms with van der Waals surface area (Å²) in [5.41, 5.74) is -0.672. The van der Waals surface area contributed by atoms with Gasteiger partial charge in [-0.2, -0.15) is 0 Å². The maximum Gasteiger partial charge on any atom is 0.407 e. The lowest BCUT2D eigenvalue weighted by molar-refractivity contribution is -0.160. The maximum absolute atomic E-state index is 11.4. The van der Waals surface area contributed by atoms with E-state index in [9.17, 15) is 19.8 Å². The number of ether oxygens (including phenoxy) is 2. The Morgan fingerprint density at radius 1 is 1.26 bits per heavy atom. The second-order valence-corrected chi connectivity index (χ2v) is 5.12. The van der Waals surface area contributed by atoms with Crippen LogP contribution in [0.1, 0.15) is 34.6 Å². The van der Waals surface area contributed by atoms with Crippen LogP contribution >= 0.6 is 0 Å². The molecule has 0 heterocycles. The zero-order valence-electron chi connectivity index (χ0n) is 12.0. The number of aliphatic hydroxyl groups excluding tert-OH is 2. The number of carbonyl (C=O) groups excluding carboxylic acids is 2. The van der Waals surface area contributed by atoms with Gasteiger partial charge in [0.25, 0.3) is 0 Å². The van der Waals surface area contributed by atoms with Crippen LogP contribution in [0.4, 0.5) is 4.79 Å². The third kappa shape index (κ3) is 6.97. The number of esters is 1. The van der Waals surface area contributed by atoms with Crippen molar-refractivity contribution in [2.24, 2.45) is 0 Å². The van der Waals surface area contributed by atoms with Crippen molar-refractivity contribution in [3.8, 4) is 0 Å². The van der Waals surface area contributed by atoms with Gasteiger partial charge >= 0.3 is 12.1 Å². The predicted molar refractivity (Wildman–Crippen MR) is 67.5 cm³/mol. The third-order valence-electron chi connectivity index (χ3n) is 2.11. The molecule has 0 aromatic carbocycles. The van der Waals surface area contributed by atoms with Crippen LogP contribution < -0.4 is 5.32 Å². The summed E-state index contributed by atoms with van der Waals surface area (Å²) in [7, 11) is 0. The highest BCUT2D eigenvalue weighted by molar-refractivity contribution is 5.75. The van der Waals surface area contributed by atoms with Gasteiger partial charge in [0, 0.05) is 0 Å². The zero-order valence-corrected chi connectivity index (χ0v) is 12.0. The first-order valence-corrected chi connectivity index (χ1v) is 6.10. The van der Waals surface area contributed by atoms with E-state index in [1.54, 1.807) is 27.7 Å². The van der Waals surface area contributed by atoms with Gasteiger partial charge in [0.05, 0.1) is 12.6 Å². The van der Waals surface area contributed by atoms with Crippen molar-refractivity contribution in [2.45, 2.75) is 58.5 Å². The minimum absolute atomic E-state index is 0.0937. The fourth-order valence-corrected chi connectivity index (χ4v) is 1.22. The molecule has 19 heavy (non-hydrogen) atoms. The normalized spacial score (nSPS) is 16.2. The summed E-state index contributed by atoms with van der Waals surface area (Å²) in [6.45, 7) is 8.20. The van der Waals surface area contributed by atoms with Crippen LogP contribution in [0.3, 0.4) is 0 Å². The van der Waals surface area contributed by atoms with Gasteiger partial charge in [-0.05, 0) is 34.6 Å². The molecular formula is C12H23NO6. The average molecular weight is 277 g/mol. The van der Waals surface area contributed by atoms with Crippen molar-refractivity contribution in [2.75, 3.05) is 6.61 Å². The molecule has 0 aromatic rings. The van der Waals surface area contributed by atoms with E-state index in [1.165, 1.54) is 6.92 Å². The highest BCUT2D eigenvalue weighted by Crippen LogP contribution is 2.08. The minimum atomic E-state index is -1.72. The number of nitrogens with one attached hydrogen (secondary N) is 1. The Morgan fingerprint density at radius 3 is 2.21 bits per heavy atom. The SMILES string of the molecule is CCOC(=O)[C@H](O)[C@@H](O)[C@H](C)NC(=O)OC(C)(C)C. The Morgan fingerprint density at radius 2 is 1.79 bits per heavy atom. The summed E-state index contributed by atoms with van der Waals surface area (Å²) >= 11 is 0. The summed E-state index contributed by atoms with van der Waals surface area (Å²) in [6, 6.07) is -0.866. The topological polar surface area (TPSA) is 105 Å². The number of hydrogen-bond acceptors (Lipinski definition) is 6. The molecule has 3 N–H and O–H groups in total. The van der Waals surface area contributed by atoms with Crippen LogP contribution in [0.25, 0.3) is 0 Å². The van der Waals surface area contributed by atoms with Gasteiger partial charge in [0.1, 0.15) is 11.7 Å². The Balaban J connectivity index is 4.37. The maximum atomic E-state index is 11.4. The quantitative estimate of drug-likeness (QED) is 0.619. The van der Waals surface area contributed by atoms with Crippen molar-refractivity contribution in [1.82, 2.24) is 5.32 Å². The summed E-state index contributed by atoms with van der Waals surface area (Å²) in [6.07, 6.45) is -3.94. The van der Waals surface area contributed by atoms with E-state index in [-0.39, 0.29) is 6.61 Å². The molecule has 7 nitrogen and oxygen atoms in total. The first-order valence-electron chi connectivity index (χ1n) is 6.10. The van der Waals surface area contributed by atoms with Crippen LogP contribution in [0, 0.1) is 0 Å². The van der Waals surface area contributed by atoms with Crippen molar-refractivity contribution >= 4 is 12.1 Å². The van der Waals surface area contributed by atoms with E-state index in [0.29, 0.717) is 0 Å². The molecule has 0 saturated heterocycles. The molecule has 112 valence electrons. The molecule has 0 aromatic heterocycles. The lowest BCUT2D eigenvalue weighted by Crippen LogP contribution is -2.50. The lowest BCUT2D eigenvalue weighted by atomic mass is 10.1. The fourth-order valence-electron chi connectivity index (χ4n) is 1.22. The molecule has 0 radical (unpaired) electrons. The molecule has 3 atom stereocenters. The molecule has 0 aliphatic heterocycles. The van der Waals surface area contributed by atoms with E-state index in [4.69, 9.17) is 4.74 Å². The number of alkyl carbamates (subject to hydrolysis) is 1. The molecule has 0 spiro atoms. The molecule has 7 heteroatoms. The van der Waals surface area contributed by atoms with E-state index >= 15 is 0 Å². The van der Waals surface area contributed by atoms with Crippen molar-refractivity contribution < 1.29 is 29.3 Å². The van der Waals surface area contributed by atoms with Gasteiger partial charge in [0.2, 0.25) is 0 Å². The van der Waals surface area contributed by atoms with Crippen LogP contribution in [0.2, 0.25) is 0 Å². The Hall–Kier alpha value is -1.34. The number of carbonyl (C=O) groups is 2. The largest absolute Gasteiger partial charge is 0.464 e. The van der Waals surface area contributed by atoms with Crippen LogP contribution in [0.5, 0.6) is 0 Å². The van der Waals surface area contributed by atoms with E-state index in [1.807, 2.05) is 0 Å². The fraction of sp³-hybridized carbons (Fsp3) is 0.833. The van der Waals surface area contributed by atoms with Gasteiger partial charge in [-0.25, -0.2) is 9.59 Å². The first-order chi connectivity index (χ1) is 8.58. The van der Waals surface area contributed by atoms with Gasteiger partial charge in [-0.15, -0.1) is 0 Å². The lowest BCUT2D eigenvalue weighted by Gasteiger charge is -2.25. The monoisotopic (exact) mass is 277 g/mol. The van der Waals surface area contributed by atoms with Gasteiger partial charge in [-0.1, -0.05) is 0 Å². The molecule has 0 aliphatic rings. The molecule has 0 unspecified atom stereocenters. The van der Waals surface area contributed by atoms with E-state index in [0.717, 1.165) is 0 Å². The van der Waals surface area contributed by atoms with Gasteiger partial charge < -0.3 is 25.0 Å². The van der Waals surface area contributed by atoms with E-state index in [2.05, 4.69) is 10.1 Å². The summed E-state index contributed by atoms with van der Waals surface area (Å²) in [5, 5.41) is 21.6. The number of aliphatic hydroxyl groups is 2. The second-order valence-electron chi connectivity index (χ2n) is 5.12. The molecule has 0 aliphatic carbocycles. The highest BCUT2D eigenvalue weighted by atomic mass is 16.6. The van der Waals surface area contributed by atoms with Crippen molar-refractivity contribution in [1.29, 1.82) is 0 Å². The standard InChI is InChI=1S/C12H23NO6/c1-6-18-10(16)9(15)8(14)7(2)13-11(17)19-12(3,4)5/h7-9,14-15H,6H2,1-5H3,(H,13,17)/t7-,8-,9+/m0/s1. The third-order valence-corrected chi connectivity index (χ3v) is 2.11. The highest BCUT2D eigenvalue weighted by Gasteiger charge is 2.31. The first kappa shape index (κ1) is 17.7. The zero-order chi connectivity index (χ0) is 15.2. The second kappa shape index (κ2) is 7.30. The number of rotatable bonds is 5. The smallest absolute Gasteiger partial charge is 0.407 e. The van der Waals surface area contributed by atoms with Gasteiger partial charge in [-0.3, -0.25) is 0 Å². The Kier molecular flexibility index (Phi) is 6.78. The van der Waals surface area contributed by atoms with Crippen LogP contribution in [-0.2, 0) is 14.3 Å². The molecule has 0 fully saturated rings. The van der Waals surface area contributed by atoms with Crippen LogP contribution in [-0.4, -0.2) is 52.7 Å². The van der Waals surface area contributed by atoms with Crippen LogP contribution in [0.15, 0.2) is 0 Å². The molecular weight excluding hydrogens is 254 g/mol. The van der Waals surface area contributed by atoms with Crippen molar-refractivity contribution in [3.63, 3.8) is 0 Å². The number of amides is 1. The summed E-state index contributed by atoms with van der Waals surface area (Å²) < 4.78 is 9.55. The van der Waals surface area contributed by atoms with E-state index < -0.39 is 35.9 Å². The van der Waals surface area contributed by atoms with Crippen molar-refractivity contribution in [3.05, 3.63) is 0 Å². The average Bonchev–Trinajstić information content (AvgIpc) is 2.24. The molecule has 0 rings (SSSR count). The Labute approximate surface area is 112 Å². The molecule has 0 bridgehead atoms. The minimum Gasteiger partial charge on any atom is -0.464 e. The summed E-state index contributed by atoms with van der Waals surface area (Å²) in [4.78, 5) is 22.7.